The number of hydrogen-bond donors (Lipinski definition) is 2. The number of anilines is 1. The summed E-state index contributed by atoms with van der Waals surface area (Å²) < 4.78 is 35.9. The van der Waals surface area contributed by atoms with Crippen LogP contribution in [0.15, 0.2) is 34.9 Å². The van der Waals surface area contributed by atoms with Crippen molar-refractivity contribution in [2.75, 3.05) is 12.4 Å². The zero-order valence-electron chi connectivity index (χ0n) is 9.78. The van der Waals surface area contributed by atoms with Gasteiger partial charge in [-0.25, -0.2) is 0 Å². The van der Waals surface area contributed by atoms with Gasteiger partial charge < -0.3 is 10.1 Å². The lowest BCUT2D eigenvalue weighted by Crippen LogP contribution is -2.01. The molecule has 0 saturated heterocycles. The van der Waals surface area contributed by atoms with E-state index in [2.05, 4.69) is 5.32 Å². The second kappa shape index (κ2) is 5.87. The lowest BCUT2D eigenvalue weighted by atomic mass is 10.3. The first-order chi connectivity index (χ1) is 8.92. The largest absolute Gasteiger partial charge is 0.495 e. The van der Waals surface area contributed by atoms with Gasteiger partial charge in [0.25, 0.3) is 10.1 Å². The van der Waals surface area contributed by atoms with Crippen LogP contribution in [-0.2, 0) is 10.1 Å². The van der Waals surface area contributed by atoms with Gasteiger partial charge in [0.2, 0.25) is 0 Å². The third-order valence-corrected chi connectivity index (χ3v) is 2.93. The summed E-state index contributed by atoms with van der Waals surface area (Å²) in [6.07, 6.45) is 1.10. The molecule has 0 unspecified atom stereocenters. The number of hydrogen-bond acceptors (Lipinski definition) is 6. The lowest BCUT2D eigenvalue weighted by molar-refractivity contribution is 0.416. The highest BCUT2D eigenvalue weighted by Crippen LogP contribution is 2.27. The average molecular weight is 279 g/mol. The molecule has 0 bridgehead atoms. The molecular weight excluding hydrogens is 270 g/mol. The average Bonchev–Trinajstić information content (AvgIpc) is 2.38. The van der Waals surface area contributed by atoms with Crippen LogP contribution in [-0.4, -0.2) is 20.1 Å². The number of methoxy groups -OCH3 is 1. The summed E-state index contributed by atoms with van der Waals surface area (Å²) in [4.78, 5) is -0.334. The number of benzene rings is 1. The van der Waals surface area contributed by atoms with E-state index in [1.54, 1.807) is 12.1 Å². The Bertz CT molecular complexity index is 680. The predicted octanol–water partition coefficient (Wildman–Crippen LogP) is 1.28. The molecule has 19 heavy (non-hydrogen) atoms. The minimum atomic E-state index is -4.35. The predicted molar refractivity (Wildman–Crippen MR) is 65.7 cm³/mol. The molecule has 8 heteroatoms. The minimum Gasteiger partial charge on any atom is -0.495 e. The van der Waals surface area contributed by atoms with Crippen molar-refractivity contribution >= 4 is 15.8 Å². The van der Waals surface area contributed by atoms with Crippen molar-refractivity contribution in [3.63, 3.8) is 0 Å². The van der Waals surface area contributed by atoms with E-state index in [-0.39, 0.29) is 16.2 Å². The minimum absolute atomic E-state index is 0.195. The summed E-state index contributed by atoms with van der Waals surface area (Å²) in [5, 5.41) is 19.7. The molecule has 1 rings (SSSR count). The standard InChI is InChI=1S/C11H9N3O4S/c1-18-11-3-2-9(19(15,16)17)4-10(11)14-7-8(5-12)6-13/h2-4,7,14H,1H3,(H,15,16,17). The Morgan fingerprint density at radius 2 is 2.05 bits per heavy atom. The molecule has 0 saturated carbocycles. The molecule has 0 fully saturated rings. The van der Waals surface area contributed by atoms with Crippen molar-refractivity contribution in [2.24, 2.45) is 0 Å². The van der Waals surface area contributed by atoms with Crippen LogP contribution in [0, 0.1) is 22.7 Å². The highest BCUT2D eigenvalue weighted by molar-refractivity contribution is 7.85. The molecule has 7 nitrogen and oxygen atoms in total. The van der Waals surface area contributed by atoms with Gasteiger partial charge in [-0.1, -0.05) is 0 Å². The summed E-state index contributed by atoms with van der Waals surface area (Å²) in [6, 6.07) is 6.89. The molecule has 2 N–H and O–H groups in total. The SMILES string of the molecule is COc1ccc(S(=O)(=O)O)cc1NC=C(C#N)C#N. The Balaban J connectivity index is 3.23. The van der Waals surface area contributed by atoms with Crippen molar-refractivity contribution in [1.29, 1.82) is 10.5 Å². The van der Waals surface area contributed by atoms with Crippen LogP contribution in [0.2, 0.25) is 0 Å². The fourth-order valence-electron chi connectivity index (χ4n) is 1.20. The molecule has 0 spiro atoms. The second-order valence-electron chi connectivity index (χ2n) is 3.26. The Hall–Kier alpha value is -2.55. The monoisotopic (exact) mass is 279 g/mol. The second-order valence-corrected chi connectivity index (χ2v) is 4.68. The molecule has 1 aromatic carbocycles. The fraction of sp³-hybridized carbons (Fsp3) is 0.0909. The molecule has 98 valence electrons. The van der Waals surface area contributed by atoms with Crippen molar-refractivity contribution < 1.29 is 17.7 Å². The highest BCUT2D eigenvalue weighted by Gasteiger charge is 2.12. The van der Waals surface area contributed by atoms with Gasteiger partial charge >= 0.3 is 0 Å². The molecule has 0 heterocycles. The number of nitrogens with zero attached hydrogens (tertiary/aromatic N) is 2. The molecule has 0 aromatic heterocycles. The van der Waals surface area contributed by atoms with Crippen LogP contribution in [0.3, 0.4) is 0 Å². The molecule has 0 radical (unpaired) electrons. The fourth-order valence-corrected chi connectivity index (χ4v) is 1.71. The van der Waals surface area contributed by atoms with Gasteiger partial charge in [-0.15, -0.1) is 0 Å². The maximum Gasteiger partial charge on any atom is 0.294 e. The van der Waals surface area contributed by atoms with E-state index < -0.39 is 10.1 Å². The van der Waals surface area contributed by atoms with Crippen LogP contribution in [0.4, 0.5) is 5.69 Å². The molecule has 0 aliphatic rings. The summed E-state index contributed by atoms with van der Waals surface area (Å²) in [5.74, 6) is 0.291. The number of ether oxygens (including phenoxy) is 1. The normalized spacial score (nSPS) is 9.89. The molecule has 0 atom stereocenters. The third-order valence-electron chi connectivity index (χ3n) is 2.08. The van der Waals surface area contributed by atoms with Crippen LogP contribution < -0.4 is 10.1 Å². The molecular formula is C11H9N3O4S. The van der Waals surface area contributed by atoms with Gasteiger partial charge in [-0.05, 0) is 18.2 Å². The first-order valence-electron chi connectivity index (χ1n) is 4.85. The molecule has 0 amide bonds. The Morgan fingerprint density at radius 3 is 2.53 bits per heavy atom. The molecule has 1 aromatic rings. The quantitative estimate of drug-likeness (QED) is 0.628. The van der Waals surface area contributed by atoms with Crippen LogP contribution in [0.25, 0.3) is 0 Å². The van der Waals surface area contributed by atoms with Gasteiger partial charge in [0.1, 0.15) is 23.5 Å². The van der Waals surface area contributed by atoms with Crippen LogP contribution in [0.5, 0.6) is 5.75 Å². The van der Waals surface area contributed by atoms with Crippen LogP contribution >= 0.6 is 0 Å². The van der Waals surface area contributed by atoms with E-state index in [1.807, 2.05) is 0 Å². The van der Waals surface area contributed by atoms with E-state index in [0.717, 1.165) is 12.3 Å². The summed E-state index contributed by atoms with van der Waals surface area (Å²) >= 11 is 0. The number of rotatable bonds is 4. The zero-order valence-corrected chi connectivity index (χ0v) is 10.6. The molecule has 0 aliphatic heterocycles. The number of allylic oxidation sites excluding steroid dienone is 1. The third kappa shape index (κ3) is 3.71. The van der Waals surface area contributed by atoms with Gasteiger partial charge in [-0.3, -0.25) is 4.55 Å². The topological polar surface area (TPSA) is 123 Å². The summed E-state index contributed by atoms with van der Waals surface area (Å²) in [6.45, 7) is 0. The summed E-state index contributed by atoms with van der Waals surface area (Å²) in [7, 11) is -2.98. The van der Waals surface area contributed by atoms with E-state index >= 15 is 0 Å². The highest BCUT2D eigenvalue weighted by atomic mass is 32.2. The number of nitrogens with one attached hydrogen (secondary N) is 1. The van der Waals surface area contributed by atoms with Crippen molar-refractivity contribution in [1.82, 2.24) is 0 Å². The van der Waals surface area contributed by atoms with Gasteiger partial charge in [0, 0.05) is 6.20 Å². The maximum absolute atomic E-state index is 11.0. The van der Waals surface area contributed by atoms with Gasteiger partial charge in [-0.2, -0.15) is 18.9 Å². The van der Waals surface area contributed by atoms with Gasteiger partial charge in [0.15, 0.2) is 0 Å². The van der Waals surface area contributed by atoms with Crippen molar-refractivity contribution in [3.05, 3.63) is 30.0 Å². The first kappa shape index (κ1) is 14.5. The van der Waals surface area contributed by atoms with E-state index in [1.165, 1.54) is 19.2 Å². The number of nitriles is 2. The smallest absolute Gasteiger partial charge is 0.294 e. The Labute approximate surface area is 110 Å². The lowest BCUT2D eigenvalue weighted by Gasteiger charge is -2.09. The van der Waals surface area contributed by atoms with Crippen molar-refractivity contribution in [3.8, 4) is 17.9 Å². The molecule has 0 aliphatic carbocycles. The summed E-state index contributed by atoms with van der Waals surface area (Å²) in [5.41, 5.74) is -0.0000586. The maximum atomic E-state index is 11.0. The van der Waals surface area contributed by atoms with Crippen molar-refractivity contribution in [2.45, 2.75) is 4.90 Å². The Morgan fingerprint density at radius 1 is 1.42 bits per heavy atom. The zero-order chi connectivity index (χ0) is 14.5. The first-order valence-corrected chi connectivity index (χ1v) is 6.29. The van der Waals surface area contributed by atoms with Gasteiger partial charge in [0.05, 0.1) is 17.7 Å². The van der Waals surface area contributed by atoms with E-state index in [4.69, 9.17) is 19.8 Å². The Kier molecular flexibility index (Phi) is 4.48. The van der Waals surface area contributed by atoms with Crippen LogP contribution in [0.1, 0.15) is 0 Å². The van der Waals surface area contributed by atoms with E-state index in [0.29, 0.717) is 5.75 Å². The van der Waals surface area contributed by atoms with E-state index in [9.17, 15) is 8.42 Å².